The highest BCUT2D eigenvalue weighted by atomic mass is 32.2. The van der Waals surface area contributed by atoms with Crippen molar-refractivity contribution < 1.29 is 37.3 Å². The first-order valence-corrected chi connectivity index (χ1v) is 14.9. The van der Waals surface area contributed by atoms with Crippen molar-refractivity contribution in [1.82, 2.24) is 14.5 Å². The molecule has 0 saturated carbocycles. The molecule has 0 spiro atoms. The SMILES string of the molecule is COc1ccc(S(=O)(=O)N(CCO)CCO[C@@H]2C[C@H](C(C)C)C=C(C(=O)NCCCN3CCCC3=O)O2)cc1. The van der Waals surface area contributed by atoms with Crippen LogP contribution in [0.2, 0.25) is 0 Å². The third kappa shape index (κ3) is 8.66. The summed E-state index contributed by atoms with van der Waals surface area (Å²) < 4.78 is 44.2. The van der Waals surface area contributed by atoms with E-state index in [2.05, 4.69) is 19.2 Å². The molecule has 2 N–H and O–H groups in total. The summed E-state index contributed by atoms with van der Waals surface area (Å²) in [5.74, 6) is 0.822. The van der Waals surface area contributed by atoms with E-state index in [1.54, 1.807) is 12.1 Å². The third-order valence-electron chi connectivity index (χ3n) is 6.92. The molecule has 2 amide bonds. The molecule has 0 unspecified atom stereocenters. The van der Waals surface area contributed by atoms with Crippen LogP contribution in [0.4, 0.5) is 0 Å². The Labute approximate surface area is 231 Å². The summed E-state index contributed by atoms with van der Waals surface area (Å²) in [4.78, 5) is 26.5. The van der Waals surface area contributed by atoms with Crippen LogP contribution in [-0.2, 0) is 29.1 Å². The van der Waals surface area contributed by atoms with Gasteiger partial charge in [0.15, 0.2) is 5.76 Å². The first-order valence-electron chi connectivity index (χ1n) is 13.5. The lowest BCUT2D eigenvalue weighted by Gasteiger charge is -2.31. The summed E-state index contributed by atoms with van der Waals surface area (Å²) >= 11 is 0. The van der Waals surface area contributed by atoms with Gasteiger partial charge in [0.05, 0.1) is 25.2 Å². The topological polar surface area (TPSA) is 135 Å². The molecule has 11 nitrogen and oxygen atoms in total. The number of aliphatic hydroxyl groups is 1. The van der Waals surface area contributed by atoms with Crippen LogP contribution in [-0.4, -0.2) is 93.9 Å². The number of nitrogens with zero attached hydrogens (tertiary/aromatic N) is 2. The highest BCUT2D eigenvalue weighted by molar-refractivity contribution is 7.89. The van der Waals surface area contributed by atoms with Gasteiger partial charge >= 0.3 is 0 Å². The number of nitrogens with one attached hydrogen (secondary N) is 1. The predicted molar refractivity (Wildman–Crippen MR) is 144 cm³/mol. The zero-order valence-corrected chi connectivity index (χ0v) is 23.8. The van der Waals surface area contributed by atoms with E-state index < -0.39 is 16.3 Å². The van der Waals surface area contributed by atoms with Crippen molar-refractivity contribution in [2.45, 2.75) is 50.7 Å². The molecule has 0 aromatic heterocycles. The van der Waals surface area contributed by atoms with Crippen LogP contribution < -0.4 is 10.1 Å². The number of carbonyl (C=O) groups excluding carboxylic acids is 2. The molecule has 1 aromatic rings. The maximum atomic E-state index is 13.1. The van der Waals surface area contributed by atoms with Gasteiger partial charge in [0.1, 0.15) is 5.75 Å². The lowest BCUT2D eigenvalue weighted by molar-refractivity contribution is -0.150. The van der Waals surface area contributed by atoms with E-state index in [0.29, 0.717) is 38.1 Å². The standard InChI is InChI=1S/C27H41N3O8S/c1-20(2)21-18-24(27(33)28-11-5-13-29-12-4-6-25(29)32)38-26(19-21)37-17-15-30(14-16-31)39(34,35)23-9-7-22(36-3)8-10-23/h7-10,18,20-21,26,31H,4-6,11-17,19H2,1-3H3,(H,28,33)/t21-,26+/m1/s1. The van der Waals surface area contributed by atoms with E-state index in [0.717, 1.165) is 17.3 Å². The number of benzene rings is 1. The van der Waals surface area contributed by atoms with Crippen molar-refractivity contribution in [3.05, 3.63) is 36.1 Å². The zero-order chi connectivity index (χ0) is 28.4. The Morgan fingerprint density at radius 3 is 2.62 bits per heavy atom. The van der Waals surface area contributed by atoms with E-state index in [1.165, 1.54) is 19.2 Å². The lowest BCUT2D eigenvalue weighted by Crippen LogP contribution is -2.39. The van der Waals surface area contributed by atoms with Gasteiger partial charge in [0.2, 0.25) is 22.2 Å². The number of hydrogen-bond acceptors (Lipinski definition) is 8. The number of rotatable bonds is 15. The Bertz CT molecular complexity index is 1090. The molecule has 2 aliphatic heterocycles. The van der Waals surface area contributed by atoms with Crippen LogP contribution in [0.25, 0.3) is 0 Å². The normalized spacial score (nSPS) is 19.8. The Kier molecular flexibility index (Phi) is 11.6. The number of amides is 2. The van der Waals surface area contributed by atoms with Crippen LogP contribution in [0, 0.1) is 11.8 Å². The summed E-state index contributed by atoms with van der Waals surface area (Å²) in [5.41, 5.74) is 0. The highest BCUT2D eigenvalue weighted by Gasteiger charge is 2.30. The molecule has 0 bridgehead atoms. The molecule has 1 aromatic carbocycles. The van der Waals surface area contributed by atoms with Gasteiger partial charge in [-0.3, -0.25) is 9.59 Å². The lowest BCUT2D eigenvalue weighted by atomic mass is 9.90. The maximum absolute atomic E-state index is 13.1. The first kappa shape index (κ1) is 30.9. The van der Waals surface area contributed by atoms with Crippen molar-refractivity contribution >= 4 is 21.8 Å². The van der Waals surface area contributed by atoms with Crippen LogP contribution in [0.3, 0.4) is 0 Å². The Balaban J connectivity index is 1.54. The van der Waals surface area contributed by atoms with Crippen molar-refractivity contribution in [3.63, 3.8) is 0 Å². The molecule has 1 saturated heterocycles. The monoisotopic (exact) mass is 567 g/mol. The minimum absolute atomic E-state index is 0.00158. The second-order valence-corrected chi connectivity index (χ2v) is 11.9. The van der Waals surface area contributed by atoms with Gasteiger partial charge in [-0.25, -0.2) is 8.42 Å². The molecule has 2 atom stereocenters. The van der Waals surface area contributed by atoms with Gasteiger partial charge in [-0.1, -0.05) is 13.8 Å². The van der Waals surface area contributed by atoms with Gasteiger partial charge < -0.3 is 29.5 Å². The molecule has 0 aliphatic carbocycles. The molecule has 2 heterocycles. The van der Waals surface area contributed by atoms with E-state index in [1.807, 2.05) is 11.0 Å². The quantitative estimate of drug-likeness (QED) is 0.306. The number of ether oxygens (including phenoxy) is 3. The molecule has 1 fully saturated rings. The second-order valence-electron chi connectivity index (χ2n) is 9.99. The number of likely N-dealkylation sites (tertiary alicyclic amines) is 1. The second kappa shape index (κ2) is 14.6. The van der Waals surface area contributed by atoms with Gasteiger partial charge in [0.25, 0.3) is 5.91 Å². The van der Waals surface area contributed by atoms with Crippen LogP contribution in [0.1, 0.15) is 39.5 Å². The van der Waals surface area contributed by atoms with E-state index >= 15 is 0 Å². The average Bonchev–Trinajstić information content (AvgIpc) is 3.34. The number of aliphatic hydroxyl groups excluding tert-OH is 1. The first-order chi connectivity index (χ1) is 18.6. The zero-order valence-electron chi connectivity index (χ0n) is 23.0. The van der Waals surface area contributed by atoms with Gasteiger partial charge in [-0.15, -0.1) is 0 Å². The minimum Gasteiger partial charge on any atom is -0.497 e. The summed E-state index contributed by atoms with van der Waals surface area (Å²) in [6, 6.07) is 6.03. The Morgan fingerprint density at radius 1 is 1.26 bits per heavy atom. The molecule has 0 radical (unpaired) electrons. The summed E-state index contributed by atoms with van der Waals surface area (Å²) in [6.07, 6.45) is 3.75. The molecule has 39 heavy (non-hydrogen) atoms. The fourth-order valence-electron chi connectivity index (χ4n) is 4.56. The highest BCUT2D eigenvalue weighted by Crippen LogP contribution is 2.29. The maximum Gasteiger partial charge on any atom is 0.286 e. The fraction of sp³-hybridized carbons (Fsp3) is 0.630. The predicted octanol–water partition coefficient (Wildman–Crippen LogP) is 1.73. The number of allylic oxidation sites excluding steroid dienone is 1. The van der Waals surface area contributed by atoms with Crippen molar-refractivity contribution in [1.29, 1.82) is 0 Å². The summed E-state index contributed by atoms with van der Waals surface area (Å²) in [5, 5.41) is 12.3. The molecule has 12 heteroatoms. The average molecular weight is 568 g/mol. The molecule has 218 valence electrons. The van der Waals surface area contributed by atoms with Crippen LogP contribution in [0.15, 0.2) is 41.0 Å². The summed E-state index contributed by atoms with van der Waals surface area (Å²) in [7, 11) is -2.37. The Hall–Kier alpha value is -2.67. The number of sulfonamides is 1. The summed E-state index contributed by atoms with van der Waals surface area (Å²) in [6.45, 7) is 5.49. The number of methoxy groups -OCH3 is 1. The van der Waals surface area contributed by atoms with E-state index in [9.17, 15) is 23.1 Å². The van der Waals surface area contributed by atoms with Crippen LogP contribution in [0.5, 0.6) is 5.75 Å². The fourth-order valence-corrected chi connectivity index (χ4v) is 5.97. The number of hydrogen-bond donors (Lipinski definition) is 2. The molecule has 2 aliphatic rings. The van der Waals surface area contributed by atoms with E-state index in [-0.39, 0.29) is 60.6 Å². The smallest absolute Gasteiger partial charge is 0.286 e. The van der Waals surface area contributed by atoms with Crippen molar-refractivity contribution in [3.8, 4) is 5.75 Å². The van der Waals surface area contributed by atoms with Gasteiger partial charge in [-0.05, 0) is 55.0 Å². The largest absolute Gasteiger partial charge is 0.497 e. The molecular formula is C27H41N3O8S. The Morgan fingerprint density at radius 2 is 2.00 bits per heavy atom. The minimum atomic E-state index is -3.87. The van der Waals surface area contributed by atoms with Gasteiger partial charge in [0, 0.05) is 45.6 Å². The van der Waals surface area contributed by atoms with E-state index in [4.69, 9.17) is 14.2 Å². The van der Waals surface area contributed by atoms with Crippen molar-refractivity contribution in [2.24, 2.45) is 11.8 Å². The molecule has 3 rings (SSSR count). The third-order valence-corrected chi connectivity index (χ3v) is 8.83. The number of carbonyl (C=O) groups is 2. The van der Waals surface area contributed by atoms with Crippen LogP contribution >= 0.6 is 0 Å². The van der Waals surface area contributed by atoms with Gasteiger partial charge in [-0.2, -0.15) is 4.31 Å². The molecular weight excluding hydrogens is 526 g/mol. The van der Waals surface area contributed by atoms with Crippen molar-refractivity contribution in [2.75, 3.05) is 53.0 Å².